The monoisotopic (exact) mass is 311 g/mol. The zero-order valence-electron chi connectivity index (χ0n) is 13.3. The van der Waals surface area contributed by atoms with Gasteiger partial charge in [0.15, 0.2) is 0 Å². The second-order valence-electron chi connectivity index (χ2n) is 5.65. The Morgan fingerprint density at radius 1 is 1.26 bits per heavy atom. The zero-order chi connectivity index (χ0) is 16.1. The molecule has 0 aliphatic carbocycles. The molecular weight excluding hydrogens is 290 g/mol. The fourth-order valence-electron chi connectivity index (χ4n) is 2.70. The van der Waals surface area contributed by atoms with Crippen LogP contribution >= 0.6 is 0 Å². The lowest BCUT2D eigenvalue weighted by Gasteiger charge is -2.29. The van der Waals surface area contributed by atoms with Crippen LogP contribution < -0.4 is 10.2 Å². The molecule has 120 valence electrons. The van der Waals surface area contributed by atoms with Crippen molar-refractivity contribution in [2.75, 3.05) is 31.2 Å². The summed E-state index contributed by atoms with van der Waals surface area (Å²) in [5.74, 6) is 0.638. The van der Waals surface area contributed by atoms with Gasteiger partial charge in [-0.2, -0.15) is 0 Å². The first-order valence-electron chi connectivity index (χ1n) is 7.85. The van der Waals surface area contributed by atoms with Gasteiger partial charge in [0.2, 0.25) is 0 Å². The molecule has 1 aromatic carbocycles. The first-order valence-corrected chi connectivity index (χ1v) is 7.85. The number of hydrogen-bond donors (Lipinski definition) is 1. The summed E-state index contributed by atoms with van der Waals surface area (Å²) in [5, 5.41) is 2.99. The van der Waals surface area contributed by atoms with Crippen molar-refractivity contribution in [3.63, 3.8) is 0 Å². The number of amides is 1. The normalized spacial score (nSPS) is 14.6. The maximum absolute atomic E-state index is 12.6. The number of ether oxygens (including phenoxy) is 1. The van der Waals surface area contributed by atoms with E-state index in [1.54, 1.807) is 12.3 Å². The average molecular weight is 311 g/mol. The Bertz CT molecular complexity index is 681. The smallest absolute Gasteiger partial charge is 0.255 e. The minimum atomic E-state index is -0.0962. The molecule has 0 radical (unpaired) electrons. The number of anilines is 1. The van der Waals surface area contributed by atoms with Gasteiger partial charge in [-0.3, -0.25) is 4.79 Å². The molecule has 3 rings (SSSR count). The van der Waals surface area contributed by atoms with E-state index in [0.29, 0.717) is 25.3 Å². The van der Waals surface area contributed by atoms with Crippen LogP contribution in [0.1, 0.15) is 21.5 Å². The van der Waals surface area contributed by atoms with E-state index in [1.165, 1.54) is 5.56 Å². The van der Waals surface area contributed by atoms with Gasteiger partial charge in [-0.15, -0.1) is 0 Å². The number of benzene rings is 1. The second-order valence-corrected chi connectivity index (χ2v) is 5.65. The van der Waals surface area contributed by atoms with Crippen molar-refractivity contribution in [3.05, 3.63) is 59.3 Å². The first-order chi connectivity index (χ1) is 11.2. The highest BCUT2D eigenvalue weighted by atomic mass is 16.5. The highest BCUT2D eigenvalue weighted by Gasteiger charge is 2.19. The van der Waals surface area contributed by atoms with E-state index in [0.717, 1.165) is 24.5 Å². The fourth-order valence-corrected chi connectivity index (χ4v) is 2.70. The molecule has 1 amide bonds. The SMILES string of the molecule is Cc1cccc(CNC(=O)c2cccnc2N2CCOCC2)c1. The molecule has 2 aromatic rings. The average Bonchev–Trinajstić information content (AvgIpc) is 2.60. The maximum Gasteiger partial charge on any atom is 0.255 e. The van der Waals surface area contributed by atoms with Crippen LogP contribution in [-0.4, -0.2) is 37.2 Å². The van der Waals surface area contributed by atoms with Gasteiger partial charge in [0.25, 0.3) is 5.91 Å². The number of morpholine rings is 1. The molecule has 0 bridgehead atoms. The standard InChI is InChI=1S/C18H21N3O2/c1-14-4-2-5-15(12-14)13-20-18(22)16-6-3-7-19-17(16)21-8-10-23-11-9-21/h2-7,12H,8-11,13H2,1H3,(H,20,22). The quantitative estimate of drug-likeness (QED) is 0.940. The van der Waals surface area contributed by atoms with Crippen LogP contribution in [-0.2, 0) is 11.3 Å². The summed E-state index contributed by atoms with van der Waals surface area (Å²) in [6.07, 6.45) is 1.72. The zero-order valence-corrected chi connectivity index (χ0v) is 13.3. The van der Waals surface area contributed by atoms with Crippen molar-refractivity contribution >= 4 is 11.7 Å². The van der Waals surface area contributed by atoms with E-state index in [-0.39, 0.29) is 5.91 Å². The number of rotatable bonds is 4. The molecule has 1 aliphatic heterocycles. The van der Waals surface area contributed by atoms with Gasteiger partial charge in [0.1, 0.15) is 5.82 Å². The van der Waals surface area contributed by atoms with Crippen molar-refractivity contribution in [1.29, 1.82) is 0 Å². The Labute approximate surface area is 136 Å². The van der Waals surface area contributed by atoms with Crippen LogP contribution in [0.2, 0.25) is 0 Å². The second kappa shape index (κ2) is 7.24. The van der Waals surface area contributed by atoms with E-state index in [9.17, 15) is 4.79 Å². The van der Waals surface area contributed by atoms with E-state index in [2.05, 4.69) is 21.3 Å². The van der Waals surface area contributed by atoms with Crippen molar-refractivity contribution in [2.45, 2.75) is 13.5 Å². The van der Waals surface area contributed by atoms with E-state index >= 15 is 0 Å². The molecular formula is C18H21N3O2. The Kier molecular flexibility index (Phi) is 4.88. The third-order valence-corrected chi connectivity index (χ3v) is 3.88. The van der Waals surface area contributed by atoms with E-state index in [1.807, 2.05) is 31.2 Å². The summed E-state index contributed by atoms with van der Waals surface area (Å²) < 4.78 is 5.37. The Morgan fingerprint density at radius 2 is 2.09 bits per heavy atom. The van der Waals surface area contributed by atoms with Gasteiger partial charge in [0.05, 0.1) is 18.8 Å². The molecule has 1 aliphatic rings. The van der Waals surface area contributed by atoms with Crippen LogP contribution in [0.25, 0.3) is 0 Å². The van der Waals surface area contributed by atoms with Crippen LogP contribution in [0.4, 0.5) is 5.82 Å². The van der Waals surface area contributed by atoms with Gasteiger partial charge in [-0.1, -0.05) is 29.8 Å². The number of carbonyl (C=O) groups excluding carboxylic acids is 1. The minimum absolute atomic E-state index is 0.0962. The largest absolute Gasteiger partial charge is 0.378 e. The molecule has 0 atom stereocenters. The Balaban J connectivity index is 1.72. The molecule has 0 spiro atoms. The van der Waals surface area contributed by atoms with Gasteiger partial charge in [0, 0.05) is 25.8 Å². The number of hydrogen-bond acceptors (Lipinski definition) is 4. The molecule has 5 heteroatoms. The van der Waals surface area contributed by atoms with Crippen LogP contribution in [0.15, 0.2) is 42.6 Å². The molecule has 1 N–H and O–H groups in total. The summed E-state index contributed by atoms with van der Waals surface area (Å²) in [6, 6.07) is 11.8. The number of carbonyl (C=O) groups is 1. The number of aryl methyl sites for hydroxylation is 1. The highest BCUT2D eigenvalue weighted by molar-refractivity contribution is 5.98. The molecule has 23 heavy (non-hydrogen) atoms. The third kappa shape index (κ3) is 3.87. The van der Waals surface area contributed by atoms with Crippen molar-refractivity contribution in [3.8, 4) is 0 Å². The number of pyridine rings is 1. The van der Waals surface area contributed by atoms with Gasteiger partial charge in [-0.05, 0) is 24.6 Å². The van der Waals surface area contributed by atoms with Crippen LogP contribution in [0.3, 0.4) is 0 Å². The summed E-state index contributed by atoms with van der Waals surface area (Å²) >= 11 is 0. The number of nitrogens with zero attached hydrogens (tertiary/aromatic N) is 2. The summed E-state index contributed by atoms with van der Waals surface area (Å²) in [7, 11) is 0. The van der Waals surface area contributed by atoms with Crippen molar-refractivity contribution in [2.24, 2.45) is 0 Å². The lowest BCUT2D eigenvalue weighted by Crippen LogP contribution is -2.38. The lowest BCUT2D eigenvalue weighted by atomic mass is 10.1. The van der Waals surface area contributed by atoms with Gasteiger partial charge in [-0.25, -0.2) is 4.98 Å². The molecule has 0 saturated carbocycles. The topological polar surface area (TPSA) is 54.5 Å². The Morgan fingerprint density at radius 3 is 2.87 bits per heavy atom. The summed E-state index contributed by atoms with van der Waals surface area (Å²) in [4.78, 5) is 19.1. The van der Waals surface area contributed by atoms with Gasteiger partial charge >= 0.3 is 0 Å². The maximum atomic E-state index is 12.6. The molecule has 2 heterocycles. The first kappa shape index (κ1) is 15.5. The third-order valence-electron chi connectivity index (χ3n) is 3.88. The van der Waals surface area contributed by atoms with Crippen LogP contribution in [0.5, 0.6) is 0 Å². The summed E-state index contributed by atoms with van der Waals surface area (Å²) in [5.41, 5.74) is 2.89. The fraction of sp³-hybridized carbons (Fsp3) is 0.333. The lowest BCUT2D eigenvalue weighted by molar-refractivity contribution is 0.0949. The molecule has 5 nitrogen and oxygen atoms in total. The minimum Gasteiger partial charge on any atom is -0.378 e. The predicted octanol–water partition coefficient (Wildman–Crippen LogP) is 2.16. The van der Waals surface area contributed by atoms with Gasteiger partial charge < -0.3 is 15.0 Å². The van der Waals surface area contributed by atoms with Crippen molar-refractivity contribution < 1.29 is 9.53 Å². The number of nitrogens with one attached hydrogen (secondary N) is 1. The highest BCUT2D eigenvalue weighted by Crippen LogP contribution is 2.18. The predicted molar refractivity (Wildman–Crippen MR) is 89.6 cm³/mol. The molecule has 0 unspecified atom stereocenters. The van der Waals surface area contributed by atoms with Crippen molar-refractivity contribution in [1.82, 2.24) is 10.3 Å². The van der Waals surface area contributed by atoms with Crippen LogP contribution in [0, 0.1) is 6.92 Å². The Hall–Kier alpha value is -2.40. The molecule has 1 aromatic heterocycles. The number of aromatic nitrogens is 1. The van der Waals surface area contributed by atoms with E-state index < -0.39 is 0 Å². The summed E-state index contributed by atoms with van der Waals surface area (Å²) in [6.45, 7) is 5.41. The van der Waals surface area contributed by atoms with E-state index in [4.69, 9.17) is 4.74 Å². The molecule has 1 fully saturated rings. The molecule has 1 saturated heterocycles.